The quantitative estimate of drug-likeness (QED) is 0.329. The first-order valence-electron chi connectivity index (χ1n) is 11.6. The summed E-state index contributed by atoms with van der Waals surface area (Å²) in [5, 5.41) is 13.9. The number of anilines is 1. The Morgan fingerprint density at radius 1 is 0.944 bits per heavy atom. The fourth-order valence-electron chi connectivity index (χ4n) is 3.84. The summed E-state index contributed by atoms with van der Waals surface area (Å²) in [6.45, 7) is 11.0. The van der Waals surface area contributed by atoms with E-state index in [-0.39, 0.29) is 16.7 Å². The molecule has 9 heteroatoms. The van der Waals surface area contributed by atoms with Crippen molar-refractivity contribution >= 4 is 33.3 Å². The van der Waals surface area contributed by atoms with Crippen molar-refractivity contribution in [2.45, 2.75) is 63.9 Å². The van der Waals surface area contributed by atoms with Crippen LogP contribution in [0.2, 0.25) is 5.02 Å². The van der Waals surface area contributed by atoms with E-state index in [4.69, 9.17) is 11.6 Å². The molecule has 0 saturated carbocycles. The summed E-state index contributed by atoms with van der Waals surface area (Å²) in [6.07, 6.45) is 3.19. The van der Waals surface area contributed by atoms with Crippen LogP contribution in [0, 0.1) is 0 Å². The van der Waals surface area contributed by atoms with Crippen molar-refractivity contribution in [2.75, 3.05) is 5.32 Å². The Bertz CT molecular complexity index is 1340. The maximum atomic E-state index is 13.3. The van der Waals surface area contributed by atoms with E-state index in [9.17, 15) is 18.3 Å². The Labute approximate surface area is 218 Å². The maximum Gasteiger partial charge on any atom is 0.333 e. The molecule has 0 unspecified atom stereocenters. The molecule has 0 saturated heterocycles. The summed E-state index contributed by atoms with van der Waals surface area (Å²) >= 11 is 6.30. The number of nitrogens with one attached hydrogen (secondary N) is 2. The van der Waals surface area contributed by atoms with Gasteiger partial charge in [-0.15, -0.1) is 0 Å². The van der Waals surface area contributed by atoms with Gasteiger partial charge in [-0.1, -0.05) is 39.3 Å². The second kappa shape index (κ2) is 10.6. The Kier molecular flexibility index (Phi) is 8.13. The zero-order valence-electron chi connectivity index (χ0n) is 21.3. The first-order chi connectivity index (χ1) is 16.7. The summed E-state index contributed by atoms with van der Waals surface area (Å²) in [7, 11) is -4.28. The molecule has 0 aliphatic carbocycles. The second-order valence-electron chi connectivity index (χ2n) is 9.87. The van der Waals surface area contributed by atoms with Crippen LogP contribution in [-0.4, -0.2) is 24.5 Å². The van der Waals surface area contributed by atoms with Crippen molar-refractivity contribution in [3.05, 3.63) is 76.6 Å². The van der Waals surface area contributed by atoms with Gasteiger partial charge in [0.2, 0.25) is 0 Å². The predicted octanol–water partition coefficient (Wildman–Crippen LogP) is 6.39. The monoisotopic (exact) mass is 529 g/mol. The number of benzene rings is 2. The van der Waals surface area contributed by atoms with E-state index in [2.05, 4.69) is 15.0 Å². The van der Waals surface area contributed by atoms with Crippen LogP contribution < -0.4 is 10.0 Å². The Hall–Kier alpha value is -2.94. The van der Waals surface area contributed by atoms with Gasteiger partial charge in [0.1, 0.15) is 0 Å². The van der Waals surface area contributed by atoms with Crippen LogP contribution in [-0.2, 0) is 15.6 Å². The highest BCUT2D eigenvalue weighted by molar-refractivity contribution is 7.90. The minimum atomic E-state index is -4.28. The molecule has 2 aromatic carbocycles. The van der Waals surface area contributed by atoms with E-state index in [1.807, 2.05) is 27.7 Å². The van der Waals surface area contributed by atoms with Gasteiger partial charge in [0, 0.05) is 23.1 Å². The van der Waals surface area contributed by atoms with Crippen LogP contribution in [0.5, 0.6) is 0 Å². The number of halogens is 1. The highest BCUT2D eigenvalue weighted by atomic mass is 35.5. The fraction of sp³-hybridized carbons (Fsp3) is 0.333. The topological polar surface area (TPSA) is 108 Å². The van der Waals surface area contributed by atoms with Crippen LogP contribution in [0.25, 0.3) is 11.1 Å². The third-order valence-electron chi connectivity index (χ3n) is 5.81. The SMILES string of the molecule is CC(C)c1cc(Cl)cc(C(C)C)c1NC(=O)NS(=O)(=O)c1cc(-c2ccncc2)cc(C(C)(C)O)c1. The molecule has 0 aliphatic rings. The Morgan fingerprint density at radius 2 is 1.50 bits per heavy atom. The first-order valence-corrected chi connectivity index (χ1v) is 13.5. The molecule has 2 amide bonds. The zero-order chi connectivity index (χ0) is 26.8. The summed E-state index contributed by atoms with van der Waals surface area (Å²) in [6, 6.07) is 10.7. The molecule has 0 fully saturated rings. The van der Waals surface area contributed by atoms with Crippen molar-refractivity contribution in [1.82, 2.24) is 9.71 Å². The molecule has 3 aromatic rings. The number of carbonyl (C=O) groups is 1. The van der Waals surface area contributed by atoms with Crippen LogP contribution in [0.4, 0.5) is 10.5 Å². The molecule has 7 nitrogen and oxygen atoms in total. The predicted molar refractivity (Wildman–Crippen MR) is 144 cm³/mol. The minimum Gasteiger partial charge on any atom is -0.386 e. The maximum absolute atomic E-state index is 13.3. The second-order valence-corrected chi connectivity index (χ2v) is 12.0. The van der Waals surface area contributed by atoms with Crippen molar-refractivity contribution in [3.63, 3.8) is 0 Å². The molecular weight excluding hydrogens is 498 g/mol. The van der Waals surface area contributed by atoms with Gasteiger partial charge in [0.15, 0.2) is 0 Å². The number of sulfonamides is 1. The number of amides is 2. The molecular formula is C27H32ClN3O4S. The van der Waals surface area contributed by atoms with Gasteiger partial charge in [0.25, 0.3) is 10.0 Å². The van der Waals surface area contributed by atoms with E-state index < -0.39 is 21.7 Å². The largest absolute Gasteiger partial charge is 0.386 e. The minimum absolute atomic E-state index is 0.0412. The lowest BCUT2D eigenvalue weighted by molar-refractivity contribution is 0.0784. The highest BCUT2D eigenvalue weighted by Crippen LogP contribution is 2.36. The van der Waals surface area contributed by atoms with E-state index in [1.54, 1.807) is 56.6 Å². The van der Waals surface area contributed by atoms with Crippen molar-refractivity contribution < 1.29 is 18.3 Å². The van der Waals surface area contributed by atoms with Crippen LogP contribution in [0.15, 0.2) is 59.8 Å². The number of aromatic nitrogens is 1. The summed E-state index contributed by atoms with van der Waals surface area (Å²) in [5.74, 6) is 0.0824. The Morgan fingerprint density at radius 3 is 2.00 bits per heavy atom. The molecule has 0 spiro atoms. The number of hydrogen-bond acceptors (Lipinski definition) is 5. The molecule has 3 rings (SSSR count). The molecule has 36 heavy (non-hydrogen) atoms. The van der Waals surface area contributed by atoms with E-state index in [0.29, 0.717) is 21.8 Å². The molecule has 0 aliphatic heterocycles. The van der Waals surface area contributed by atoms with Gasteiger partial charge >= 0.3 is 6.03 Å². The van der Waals surface area contributed by atoms with Crippen molar-refractivity contribution in [2.24, 2.45) is 0 Å². The van der Waals surface area contributed by atoms with E-state index in [0.717, 1.165) is 16.7 Å². The lowest BCUT2D eigenvalue weighted by atomic mass is 9.92. The van der Waals surface area contributed by atoms with Gasteiger partial charge < -0.3 is 10.4 Å². The summed E-state index contributed by atoms with van der Waals surface area (Å²) in [5.41, 5.74) is 2.53. The lowest BCUT2D eigenvalue weighted by Gasteiger charge is -2.22. The zero-order valence-corrected chi connectivity index (χ0v) is 22.8. The summed E-state index contributed by atoms with van der Waals surface area (Å²) < 4.78 is 28.7. The summed E-state index contributed by atoms with van der Waals surface area (Å²) in [4.78, 5) is 16.8. The molecule has 0 atom stereocenters. The average molecular weight is 530 g/mol. The van der Waals surface area contributed by atoms with Crippen LogP contribution >= 0.6 is 11.6 Å². The van der Waals surface area contributed by atoms with Gasteiger partial charge in [-0.2, -0.15) is 0 Å². The molecule has 0 bridgehead atoms. The van der Waals surface area contributed by atoms with Gasteiger partial charge in [-0.05, 0) is 96.0 Å². The lowest BCUT2D eigenvalue weighted by Crippen LogP contribution is -2.35. The van der Waals surface area contributed by atoms with Crippen LogP contribution in [0.3, 0.4) is 0 Å². The Balaban J connectivity index is 2.00. The molecule has 192 valence electrons. The number of urea groups is 1. The fourth-order valence-corrected chi connectivity index (χ4v) is 5.06. The smallest absolute Gasteiger partial charge is 0.333 e. The molecule has 3 N–H and O–H groups in total. The molecule has 1 aromatic heterocycles. The third kappa shape index (κ3) is 6.43. The van der Waals surface area contributed by atoms with E-state index >= 15 is 0 Å². The molecule has 1 heterocycles. The normalized spacial score (nSPS) is 12.2. The highest BCUT2D eigenvalue weighted by Gasteiger charge is 2.25. The van der Waals surface area contributed by atoms with Crippen LogP contribution in [0.1, 0.15) is 70.1 Å². The van der Waals surface area contributed by atoms with Crippen molar-refractivity contribution in [1.29, 1.82) is 0 Å². The average Bonchev–Trinajstić information content (AvgIpc) is 2.79. The third-order valence-corrected chi connectivity index (χ3v) is 7.34. The number of aliphatic hydroxyl groups is 1. The number of pyridine rings is 1. The van der Waals surface area contributed by atoms with E-state index in [1.165, 1.54) is 12.1 Å². The standard InChI is InChI=1S/C27H32ClN3O4S/c1-16(2)23-14-21(28)15-24(17(3)4)25(23)30-26(32)31-36(34,35)22-12-19(18-7-9-29-10-8-18)11-20(13-22)27(5,6)33/h7-17,33H,1-6H3,(H2,30,31,32). The van der Waals surface area contributed by atoms with Crippen molar-refractivity contribution in [3.8, 4) is 11.1 Å². The van der Waals surface area contributed by atoms with Gasteiger partial charge in [-0.3, -0.25) is 4.98 Å². The van der Waals surface area contributed by atoms with Gasteiger partial charge in [0.05, 0.1) is 10.5 Å². The number of carbonyl (C=O) groups excluding carboxylic acids is 1. The first kappa shape index (κ1) is 27.6. The number of hydrogen-bond donors (Lipinski definition) is 3. The number of nitrogens with zero attached hydrogens (tertiary/aromatic N) is 1. The molecule has 0 radical (unpaired) electrons. The van der Waals surface area contributed by atoms with Gasteiger partial charge in [-0.25, -0.2) is 17.9 Å². The number of rotatable bonds is 7.